The Hall–Kier alpha value is -3.81. The van der Waals surface area contributed by atoms with Crippen molar-refractivity contribution < 1.29 is 4.92 Å². The summed E-state index contributed by atoms with van der Waals surface area (Å²) in [5, 5.41) is 11.1. The van der Waals surface area contributed by atoms with Crippen molar-refractivity contribution in [2.24, 2.45) is 0 Å². The number of imidazole rings is 1. The highest BCUT2D eigenvalue weighted by Gasteiger charge is 2.18. The van der Waals surface area contributed by atoms with Gasteiger partial charge in [-0.15, -0.1) is 0 Å². The van der Waals surface area contributed by atoms with Gasteiger partial charge in [0.25, 0.3) is 5.69 Å². The van der Waals surface area contributed by atoms with Crippen molar-refractivity contribution >= 4 is 17.3 Å². The zero-order chi connectivity index (χ0) is 17.4. The number of benzene rings is 1. The molecule has 3 heterocycles. The van der Waals surface area contributed by atoms with Crippen molar-refractivity contribution in [2.45, 2.75) is 0 Å². The number of nitro benzene ring substituents is 1. The molecule has 4 aromatic rings. The van der Waals surface area contributed by atoms with Gasteiger partial charge in [-0.2, -0.15) is 0 Å². The number of nitro groups is 1. The molecule has 0 amide bonds. The van der Waals surface area contributed by atoms with Crippen LogP contribution in [0.1, 0.15) is 0 Å². The Kier molecular flexibility index (Phi) is 3.35. The topological polar surface area (TPSA) is 112 Å². The third kappa shape index (κ3) is 2.55. The number of pyridine rings is 1. The van der Waals surface area contributed by atoms with Gasteiger partial charge in [0.15, 0.2) is 0 Å². The van der Waals surface area contributed by atoms with E-state index in [1.54, 1.807) is 24.4 Å². The fourth-order valence-corrected chi connectivity index (χ4v) is 2.71. The van der Waals surface area contributed by atoms with E-state index in [4.69, 9.17) is 5.73 Å². The molecule has 0 radical (unpaired) electrons. The average Bonchev–Trinajstić information content (AvgIpc) is 3.01. The Morgan fingerprint density at radius 3 is 2.76 bits per heavy atom. The molecule has 122 valence electrons. The molecule has 0 unspecified atom stereocenters. The summed E-state index contributed by atoms with van der Waals surface area (Å²) in [6.07, 6.45) is 3.42. The summed E-state index contributed by atoms with van der Waals surface area (Å²) in [6, 6.07) is 13.7. The number of anilines is 1. The molecule has 0 spiro atoms. The van der Waals surface area contributed by atoms with Crippen molar-refractivity contribution in [3.63, 3.8) is 0 Å². The van der Waals surface area contributed by atoms with E-state index in [1.165, 1.54) is 12.1 Å². The van der Waals surface area contributed by atoms with Gasteiger partial charge in [0.2, 0.25) is 5.95 Å². The first-order chi connectivity index (χ1) is 12.1. The van der Waals surface area contributed by atoms with E-state index >= 15 is 0 Å². The SMILES string of the molecule is Nc1nccc(-c2c(-c3cccc([N+](=O)[O-])c3)nc3ccccn23)n1. The second kappa shape index (κ2) is 5.68. The minimum Gasteiger partial charge on any atom is -0.368 e. The van der Waals surface area contributed by atoms with Gasteiger partial charge < -0.3 is 5.73 Å². The molecule has 0 aliphatic rings. The monoisotopic (exact) mass is 332 g/mol. The number of fused-ring (bicyclic) bond motifs is 1. The summed E-state index contributed by atoms with van der Waals surface area (Å²) in [7, 11) is 0. The first kappa shape index (κ1) is 14.8. The van der Waals surface area contributed by atoms with Gasteiger partial charge >= 0.3 is 0 Å². The lowest BCUT2D eigenvalue weighted by Crippen LogP contribution is -1.98. The summed E-state index contributed by atoms with van der Waals surface area (Å²) in [5.74, 6) is 0.147. The molecule has 0 saturated carbocycles. The van der Waals surface area contributed by atoms with Crippen LogP contribution in [0.3, 0.4) is 0 Å². The largest absolute Gasteiger partial charge is 0.368 e. The van der Waals surface area contributed by atoms with Crippen LogP contribution >= 0.6 is 0 Å². The summed E-state index contributed by atoms with van der Waals surface area (Å²) in [4.78, 5) is 23.5. The maximum atomic E-state index is 11.1. The van der Waals surface area contributed by atoms with Gasteiger partial charge in [-0.25, -0.2) is 15.0 Å². The van der Waals surface area contributed by atoms with E-state index in [0.717, 1.165) is 0 Å². The highest BCUT2D eigenvalue weighted by atomic mass is 16.6. The number of hydrogen-bond acceptors (Lipinski definition) is 6. The van der Waals surface area contributed by atoms with Crippen molar-refractivity contribution in [3.05, 3.63) is 71.0 Å². The highest BCUT2D eigenvalue weighted by Crippen LogP contribution is 2.33. The molecule has 0 aliphatic carbocycles. The molecular weight excluding hydrogens is 320 g/mol. The maximum Gasteiger partial charge on any atom is 0.270 e. The molecule has 4 rings (SSSR count). The predicted molar refractivity (Wildman–Crippen MR) is 92.7 cm³/mol. The Balaban J connectivity index is 2.03. The van der Waals surface area contributed by atoms with Crippen molar-refractivity contribution in [3.8, 4) is 22.6 Å². The zero-order valence-corrected chi connectivity index (χ0v) is 12.9. The van der Waals surface area contributed by atoms with Crippen LogP contribution in [-0.2, 0) is 0 Å². The third-order valence-corrected chi connectivity index (χ3v) is 3.78. The van der Waals surface area contributed by atoms with Gasteiger partial charge in [0.1, 0.15) is 5.65 Å². The lowest BCUT2D eigenvalue weighted by Gasteiger charge is -2.05. The lowest BCUT2D eigenvalue weighted by molar-refractivity contribution is -0.384. The molecule has 8 nitrogen and oxygen atoms in total. The Bertz CT molecular complexity index is 1110. The summed E-state index contributed by atoms with van der Waals surface area (Å²) in [6.45, 7) is 0. The smallest absolute Gasteiger partial charge is 0.270 e. The van der Waals surface area contributed by atoms with E-state index in [-0.39, 0.29) is 11.6 Å². The molecule has 8 heteroatoms. The molecule has 0 aliphatic heterocycles. The fourth-order valence-electron chi connectivity index (χ4n) is 2.71. The van der Waals surface area contributed by atoms with E-state index in [2.05, 4.69) is 15.0 Å². The van der Waals surface area contributed by atoms with Crippen molar-refractivity contribution in [1.29, 1.82) is 0 Å². The van der Waals surface area contributed by atoms with Gasteiger partial charge in [0.05, 0.1) is 22.0 Å². The van der Waals surface area contributed by atoms with Crippen LogP contribution in [-0.4, -0.2) is 24.3 Å². The molecule has 0 fully saturated rings. The Morgan fingerprint density at radius 2 is 1.96 bits per heavy atom. The fraction of sp³-hybridized carbons (Fsp3) is 0. The lowest BCUT2D eigenvalue weighted by atomic mass is 10.1. The highest BCUT2D eigenvalue weighted by molar-refractivity contribution is 5.81. The molecule has 1 aromatic carbocycles. The van der Waals surface area contributed by atoms with Gasteiger partial charge in [-0.05, 0) is 18.2 Å². The van der Waals surface area contributed by atoms with E-state index in [0.29, 0.717) is 28.3 Å². The molecule has 2 N–H and O–H groups in total. The van der Waals surface area contributed by atoms with Gasteiger partial charge in [-0.1, -0.05) is 18.2 Å². The van der Waals surface area contributed by atoms with Crippen LogP contribution in [0.15, 0.2) is 60.9 Å². The zero-order valence-electron chi connectivity index (χ0n) is 12.9. The van der Waals surface area contributed by atoms with E-state index in [1.807, 2.05) is 28.8 Å². The summed E-state index contributed by atoms with van der Waals surface area (Å²) in [5.41, 5.74) is 8.94. The third-order valence-electron chi connectivity index (χ3n) is 3.78. The molecule has 0 bridgehead atoms. The Morgan fingerprint density at radius 1 is 1.08 bits per heavy atom. The van der Waals surface area contributed by atoms with E-state index in [9.17, 15) is 10.1 Å². The number of non-ortho nitro benzene ring substituents is 1. The van der Waals surface area contributed by atoms with Crippen LogP contribution in [0.5, 0.6) is 0 Å². The standard InChI is InChI=1S/C17H12N6O2/c18-17-19-8-7-13(20-17)16-15(21-14-6-1-2-9-22(14)16)11-4-3-5-12(10-11)23(24)25/h1-10H,(H2,18,19,20). The molecular formula is C17H12N6O2. The maximum absolute atomic E-state index is 11.1. The Labute approximate surface area is 141 Å². The number of aromatic nitrogens is 4. The minimum atomic E-state index is -0.429. The summed E-state index contributed by atoms with van der Waals surface area (Å²) < 4.78 is 1.87. The second-order valence-electron chi connectivity index (χ2n) is 5.35. The van der Waals surface area contributed by atoms with Crippen LogP contribution in [0.25, 0.3) is 28.3 Å². The predicted octanol–water partition coefficient (Wildman–Crippen LogP) is 2.95. The van der Waals surface area contributed by atoms with Crippen LogP contribution in [0.2, 0.25) is 0 Å². The first-order valence-electron chi connectivity index (χ1n) is 7.44. The summed E-state index contributed by atoms with van der Waals surface area (Å²) >= 11 is 0. The van der Waals surface area contributed by atoms with Crippen LogP contribution in [0, 0.1) is 10.1 Å². The van der Waals surface area contributed by atoms with Crippen molar-refractivity contribution in [1.82, 2.24) is 19.4 Å². The average molecular weight is 332 g/mol. The number of nitrogens with two attached hydrogens (primary N) is 1. The van der Waals surface area contributed by atoms with Crippen molar-refractivity contribution in [2.75, 3.05) is 5.73 Å². The molecule has 3 aromatic heterocycles. The number of rotatable bonds is 3. The minimum absolute atomic E-state index is 0.00251. The quantitative estimate of drug-likeness (QED) is 0.456. The first-order valence-corrected chi connectivity index (χ1v) is 7.44. The van der Waals surface area contributed by atoms with Gasteiger partial charge in [-0.3, -0.25) is 14.5 Å². The second-order valence-corrected chi connectivity index (χ2v) is 5.35. The number of hydrogen-bond donors (Lipinski definition) is 1. The van der Waals surface area contributed by atoms with Crippen LogP contribution < -0.4 is 5.73 Å². The number of nitrogen functional groups attached to an aromatic ring is 1. The number of nitrogens with zero attached hydrogens (tertiary/aromatic N) is 5. The molecule has 0 saturated heterocycles. The van der Waals surface area contributed by atoms with Gasteiger partial charge in [0, 0.05) is 30.1 Å². The van der Waals surface area contributed by atoms with E-state index < -0.39 is 4.92 Å². The molecule has 25 heavy (non-hydrogen) atoms. The molecule has 0 atom stereocenters. The van der Waals surface area contributed by atoms with Crippen LogP contribution in [0.4, 0.5) is 11.6 Å². The normalized spacial score (nSPS) is 10.9.